The van der Waals surface area contributed by atoms with Crippen molar-refractivity contribution in [3.8, 4) is 0 Å². The van der Waals surface area contributed by atoms with Crippen LogP contribution in [0.1, 0.15) is 0 Å². The SMILES string of the molecule is C[N+](C)(C)C.Nc1ccccc1S(=O)(=O)[O-]. The van der Waals surface area contributed by atoms with Crippen LogP contribution in [-0.2, 0) is 10.1 Å². The van der Waals surface area contributed by atoms with Gasteiger partial charge in [0.2, 0.25) is 0 Å². The lowest BCUT2D eigenvalue weighted by atomic mass is 10.3. The standard InChI is InChI=1S/C6H7NO3S.C4H12N/c7-5-3-1-2-4-6(5)11(8,9)10;1-5(2,3)4/h1-4H,7H2,(H,8,9,10);1-4H3/q;+1/p-1. The zero-order chi connectivity index (χ0) is 13.0. The highest BCUT2D eigenvalue weighted by molar-refractivity contribution is 7.85. The number of hydrogen-bond donors (Lipinski definition) is 1. The first-order valence-electron chi connectivity index (χ1n) is 4.61. The third-order valence-electron chi connectivity index (χ3n) is 1.19. The molecule has 2 N–H and O–H groups in total. The lowest BCUT2D eigenvalue weighted by Crippen LogP contribution is -2.27. The number of benzene rings is 1. The van der Waals surface area contributed by atoms with E-state index in [-0.39, 0.29) is 10.6 Å². The van der Waals surface area contributed by atoms with Crippen LogP contribution in [0.5, 0.6) is 0 Å². The average Bonchev–Trinajstić information content (AvgIpc) is 1.99. The van der Waals surface area contributed by atoms with Gasteiger partial charge in [-0.1, -0.05) is 12.1 Å². The van der Waals surface area contributed by atoms with Gasteiger partial charge in [0.1, 0.15) is 10.1 Å². The van der Waals surface area contributed by atoms with Gasteiger partial charge in [-0.25, -0.2) is 8.42 Å². The van der Waals surface area contributed by atoms with Crippen LogP contribution in [0, 0.1) is 0 Å². The second-order valence-electron chi connectivity index (χ2n) is 4.68. The molecule has 0 amide bonds. The molecule has 1 aromatic rings. The van der Waals surface area contributed by atoms with E-state index in [0.29, 0.717) is 0 Å². The average molecular weight is 246 g/mol. The molecule has 1 rings (SSSR count). The number of hydrogen-bond acceptors (Lipinski definition) is 4. The van der Waals surface area contributed by atoms with Crippen LogP contribution in [0.2, 0.25) is 0 Å². The monoisotopic (exact) mass is 246 g/mol. The predicted octanol–water partition coefficient (Wildman–Crippen LogP) is 0.495. The molecule has 0 saturated heterocycles. The smallest absolute Gasteiger partial charge is 0.126 e. The Kier molecular flexibility index (Phi) is 4.92. The summed E-state index contributed by atoms with van der Waals surface area (Å²) in [5, 5.41) is 0. The molecule has 0 aliphatic rings. The van der Waals surface area contributed by atoms with E-state index in [0.717, 1.165) is 4.48 Å². The van der Waals surface area contributed by atoms with Crippen LogP contribution < -0.4 is 5.73 Å². The first-order valence-corrected chi connectivity index (χ1v) is 6.02. The van der Waals surface area contributed by atoms with Crippen LogP contribution in [-0.4, -0.2) is 45.6 Å². The Hall–Kier alpha value is -1.11. The van der Waals surface area contributed by atoms with E-state index < -0.39 is 10.1 Å². The number of rotatable bonds is 1. The van der Waals surface area contributed by atoms with Gasteiger partial charge in [-0.15, -0.1) is 0 Å². The quantitative estimate of drug-likeness (QED) is 0.444. The molecule has 0 unspecified atom stereocenters. The maximum absolute atomic E-state index is 10.4. The molecule has 6 heteroatoms. The van der Waals surface area contributed by atoms with Crippen molar-refractivity contribution in [2.75, 3.05) is 33.9 Å². The number of anilines is 1. The summed E-state index contributed by atoms with van der Waals surface area (Å²) in [6.45, 7) is 0. The van der Waals surface area contributed by atoms with Crippen molar-refractivity contribution in [3.63, 3.8) is 0 Å². The summed E-state index contributed by atoms with van der Waals surface area (Å²) in [5.74, 6) is 0. The Labute approximate surface area is 96.8 Å². The van der Waals surface area contributed by atoms with Crippen LogP contribution in [0.4, 0.5) is 5.69 Å². The van der Waals surface area contributed by atoms with E-state index in [1.807, 2.05) is 0 Å². The van der Waals surface area contributed by atoms with Crippen LogP contribution in [0.3, 0.4) is 0 Å². The Bertz CT molecular complexity index is 430. The second kappa shape index (κ2) is 5.29. The fraction of sp³-hybridized carbons (Fsp3) is 0.400. The second-order valence-corrected chi connectivity index (χ2v) is 6.02. The normalized spacial score (nSPS) is 11.6. The molecule has 0 radical (unpaired) electrons. The van der Waals surface area contributed by atoms with Crippen LogP contribution in [0.15, 0.2) is 29.2 Å². The first kappa shape index (κ1) is 14.9. The summed E-state index contributed by atoms with van der Waals surface area (Å²) in [6.07, 6.45) is 0. The molecule has 0 spiro atoms. The van der Waals surface area contributed by atoms with E-state index in [1.165, 1.54) is 18.2 Å². The van der Waals surface area contributed by atoms with Crippen molar-refractivity contribution in [2.45, 2.75) is 4.90 Å². The van der Waals surface area contributed by atoms with Crippen LogP contribution in [0.25, 0.3) is 0 Å². The molecule has 0 aromatic heterocycles. The van der Waals surface area contributed by atoms with Gasteiger partial charge in [0.05, 0.1) is 33.1 Å². The Morgan fingerprint density at radius 2 is 1.50 bits per heavy atom. The molecule has 0 heterocycles. The number of nitrogen functional groups attached to an aromatic ring is 1. The Morgan fingerprint density at radius 3 is 1.75 bits per heavy atom. The fourth-order valence-corrected chi connectivity index (χ4v) is 1.31. The van der Waals surface area contributed by atoms with E-state index in [9.17, 15) is 13.0 Å². The number of quaternary nitrogens is 1. The van der Waals surface area contributed by atoms with Crippen molar-refractivity contribution in [1.29, 1.82) is 0 Å². The summed E-state index contributed by atoms with van der Waals surface area (Å²) < 4.78 is 32.3. The molecular weight excluding hydrogens is 228 g/mol. The van der Waals surface area contributed by atoms with Gasteiger partial charge in [0.25, 0.3) is 0 Å². The van der Waals surface area contributed by atoms with Gasteiger partial charge in [0, 0.05) is 5.69 Å². The highest BCUT2D eigenvalue weighted by Crippen LogP contribution is 2.15. The van der Waals surface area contributed by atoms with Crippen LogP contribution >= 0.6 is 0 Å². The lowest BCUT2D eigenvalue weighted by molar-refractivity contribution is -0.849. The summed E-state index contributed by atoms with van der Waals surface area (Å²) in [6, 6.07) is 5.55. The number of para-hydroxylation sites is 1. The Balaban J connectivity index is 0.000000385. The molecule has 0 atom stereocenters. The summed E-state index contributed by atoms with van der Waals surface area (Å²) in [7, 11) is 4.09. The maximum Gasteiger partial charge on any atom is 0.126 e. The minimum absolute atomic E-state index is 0.0116. The van der Waals surface area contributed by atoms with Crippen molar-refractivity contribution >= 4 is 15.8 Å². The van der Waals surface area contributed by atoms with Crippen molar-refractivity contribution in [3.05, 3.63) is 24.3 Å². The van der Waals surface area contributed by atoms with Gasteiger partial charge < -0.3 is 14.8 Å². The van der Waals surface area contributed by atoms with E-state index >= 15 is 0 Å². The molecule has 0 fully saturated rings. The molecule has 0 bridgehead atoms. The maximum atomic E-state index is 10.4. The van der Waals surface area contributed by atoms with Gasteiger partial charge in [-0.3, -0.25) is 0 Å². The third-order valence-corrected chi connectivity index (χ3v) is 2.10. The van der Waals surface area contributed by atoms with Crippen molar-refractivity contribution in [2.24, 2.45) is 0 Å². The minimum Gasteiger partial charge on any atom is -0.744 e. The van der Waals surface area contributed by atoms with Gasteiger partial charge in [0.15, 0.2) is 0 Å². The lowest BCUT2D eigenvalue weighted by Gasteiger charge is -2.14. The molecule has 92 valence electrons. The molecule has 5 nitrogen and oxygen atoms in total. The summed E-state index contributed by atoms with van der Waals surface area (Å²) >= 11 is 0. The van der Waals surface area contributed by atoms with Gasteiger partial charge in [-0.2, -0.15) is 0 Å². The number of nitrogens with zero attached hydrogens (tertiary/aromatic N) is 1. The molecule has 16 heavy (non-hydrogen) atoms. The Morgan fingerprint density at radius 1 is 1.12 bits per heavy atom. The van der Waals surface area contributed by atoms with Gasteiger partial charge in [-0.05, 0) is 12.1 Å². The topological polar surface area (TPSA) is 83.2 Å². The summed E-state index contributed by atoms with van der Waals surface area (Å²) in [4.78, 5) is -0.361. The van der Waals surface area contributed by atoms with E-state index in [4.69, 9.17) is 5.73 Å². The van der Waals surface area contributed by atoms with Crippen molar-refractivity contribution < 1.29 is 17.5 Å². The van der Waals surface area contributed by atoms with E-state index in [1.54, 1.807) is 6.07 Å². The molecule has 0 aliphatic heterocycles. The fourth-order valence-electron chi connectivity index (χ4n) is 0.708. The highest BCUT2D eigenvalue weighted by atomic mass is 32.2. The minimum atomic E-state index is -4.41. The van der Waals surface area contributed by atoms with E-state index in [2.05, 4.69) is 28.2 Å². The molecule has 0 saturated carbocycles. The number of nitrogens with two attached hydrogens (primary N) is 1. The molecular formula is C10H18N2O3S. The zero-order valence-corrected chi connectivity index (χ0v) is 10.8. The first-order chi connectivity index (χ1) is 7.02. The largest absolute Gasteiger partial charge is 0.744 e. The third kappa shape index (κ3) is 7.22. The highest BCUT2D eigenvalue weighted by Gasteiger charge is 2.03. The van der Waals surface area contributed by atoms with Gasteiger partial charge >= 0.3 is 0 Å². The summed E-state index contributed by atoms with van der Waals surface area (Å²) in [5.41, 5.74) is 5.22. The van der Waals surface area contributed by atoms with Crippen molar-refractivity contribution in [1.82, 2.24) is 0 Å². The predicted molar refractivity (Wildman–Crippen MR) is 62.8 cm³/mol. The zero-order valence-electron chi connectivity index (χ0n) is 9.97. The molecule has 0 aliphatic carbocycles. The molecule has 1 aromatic carbocycles.